The lowest BCUT2D eigenvalue weighted by Gasteiger charge is -2.27. The van der Waals surface area contributed by atoms with Crippen LogP contribution in [-0.2, 0) is 9.59 Å². The van der Waals surface area contributed by atoms with Gasteiger partial charge in [-0.3, -0.25) is 19.5 Å². The number of ether oxygens (including phenoxy) is 1. The van der Waals surface area contributed by atoms with Gasteiger partial charge in [0.1, 0.15) is 11.5 Å². The zero-order chi connectivity index (χ0) is 25.4. The summed E-state index contributed by atoms with van der Waals surface area (Å²) in [6, 6.07) is 12.1. The predicted octanol–water partition coefficient (Wildman–Crippen LogP) is 5.77. The predicted molar refractivity (Wildman–Crippen MR) is 137 cm³/mol. The van der Waals surface area contributed by atoms with Gasteiger partial charge in [0, 0.05) is 23.6 Å². The van der Waals surface area contributed by atoms with Gasteiger partial charge in [-0.25, -0.2) is 0 Å². The molecule has 1 saturated heterocycles. The number of carbonyl (C=O) groups is 2. The summed E-state index contributed by atoms with van der Waals surface area (Å²) in [6.07, 6.45) is 3.24. The van der Waals surface area contributed by atoms with Crippen LogP contribution >= 0.6 is 0 Å². The average molecular weight is 471 g/mol. The van der Waals surface area contributed by atoms with Crippen LogP contribution in [-0.4, -0.2) is 28.9 Å². The molecule has 1 aliphatic heterocycles. The maximum atomic E-state index is 13.5. The van der Waals surface area contributed by atoms with Crippen molar-refractivity contribution in [1.82, 2.24) is 4.98 Å². The highest BCUT2D eigenvalue weighted by Crippen LogP contribution is 2.44. The lowest BCUT2D eigenvalue weighted by molar-refractivity contribution is -0.132. The maximum absolute atomic E-state index is 13.5. The van der Waals surface area contributed by atoms with Crippen molar-refractivity contribution in [1.29, 1.82) is 0 Å². The Hall–Kier alpha value is -3.93. The molecule has 2 aromatic carbocycles. The number of hydrogen-bond acceptors (Lipinski definition) is 5. The third-order valence-electron chi connectivity index (χ3n) is 6.76. The molecule has 0 spiro atoms. The molecule has 1 fully saturated rings. The first kappa shape index (κ1) is 24.2. The van der Waals surface area contributed by atoms with Crippen LogP contribution in [0, 0.1) is 20.8 Å². The smallest absolute Gasteiger partial charge is 0.300 e. The minimum atomic E-state index is -0.789. The fraction of sp³-hybridized carbons (Fsp3) is 0.276. The summed E-state index contributed by atoms with van der Waals surface area (Å²) >= 11 is 0. The third kappa shape index (κ3) is 4.09. The molecule has 4 rings (SSSR count). The number of aryl methyl sites for hydroxylation is 2. The Kier molecular flexibility index (Phi) is 6.48. The number of anilines is 1. The molecule has 1 amide bonds. The minimum absolute atomic E-state index is 0.0603. The van der Waals surface area contributed by atoms with Crippen LogP contribution in [0.25, 0.3) is 5.76 Å². The number of benzene rings is 2. The number of hydrogen-bond donors (Lipinski definition) is 1. The summed E-state index contributed by atoms with van der Waals surface area (Å²) in [5.41, 5.74) is 5.46. The van der Waals surface area contributed by atoms with E-state index in [-0.39, 0.29) is 17.3 Å². The third-order valence-corrected chi connectivity index (χ3v) is 6.76. The van der Waals surface area contributed by atoms with E-state index >= 15 is 0 Å². The summed E-state index contributed by atoms with van der Waals surface area (Å²) in [6.45, 7) is 9.81. The van der Waals surface area contributed by atoms with Crippen molar-refractivity contribution in [2.24, 2.45) is 0 Å². The second-order valence-electron chi connectivity index (χ2n) is 9.23. The Morgan fingerprint density at radius 2 is 1.71 bits per heavy atom. The van der Waals surface area contributed by atoms with Crippen molar-refractivity contribution >= 4 is 23.1 Å². The molecular weight excluding hydrogens is 440 g/mol. The zero-order valence-corrected chi connectivity index (χ0v) is 20.9. The maximum Gasteiger partial charge on any atom is 0.300 e. The fourth-order valence-electron chi connectivity index (χ4n) is 4.67. The number of nitrogens with zero attached hydrogens (tertiary/aromatic N) is 2. The normalized spacial score (nSPS) is 17.3. The van der Waals surface area contributed by atoms with Crippen LogP contribution in [0.1, 0.15) is 59.2 Å². The molecule has 6 nitrogen and oxygen atoms in total. The van der Waals surface area contributed by atoms with E-state index in [1.165, 1.54) is 4.90 Å². The number of aliphatic hydroxyl groups excluding tert-OH is 1. The first-order valence-corrected chi connectivity index (χ1v) is 11.6. The van der Waals surface area contributed by atoms with E-state index in [2.05, 4.69) is 4.98 Å². The number of amides is 1. The SMILES string of the molecule is COc1cc(C)c(/C(O)=C2\C(=O)C(=O)N(c3cccc(C)c3C)C2c2ccncc2)cc1C(C)C. The van der Waals surface area contributed by atoms with Crippen molar-refractivity contribution in [2.45, 2.75) is 46.6 Å². The fourth-order valence-corrected chi connectivity index (χ4v) is 4.67. The van der Waals surface area contributed by atoms with Gasteiger partial charge < -0.3 is 9.84 Å². The quantitative estimate of drug-likeness (QED) is 0.291. The average Bonchev–Trinajstić information content (AvgIpc) is 3.10. The lowest BCUT2D eigenvalue weighted by atomic mass is 9.91. The van der Waals surface area contributed by atoms with E-state index in [1.54, 1.807) is 31.6 Å². The molecule has 1 aliphatic rings. The second-order valence-corrected chi connectivity index (χ2v) is 9.23. The Morgan fingerprint density at radius 1 is 1.03 bits per heavy atom. The summed E-state index contributed by atoms with van der Waals surface area (Å²) in [4.78, 5) is 32.5. The van der Waals surface area contributed by atoms with Crippen LogP contribution in [0.2, 0.25) is 0 Å². The van der Waals surface area contributed by atoms with Crippen molar-refractivity contribution < 1.29 is 19.4 Å². The van der Waals surface area contributed by atoms with E-state index in [0.717, 1.165) is 28.0 Å². The largest absolute Gasteiger partial charge is 0.507 e. The monoisotopic (exact) mass is 470 g/mol. The molecule has 1 unspecified atom stereocenters. The molecule has 35 heavy (non-hydrogen) atoms. The van der Waals surface area contributed by atoms with Crippen molar-refractivity contribution in [3.63, 3.8) is 0 Å². The number of Topliss-reactive ketones (excluding diaryl/α,β-unsaturated/α-hetero) is 1. The molecule has 0 bridgehead atoms. The molecule has 0 radical (unpaired) electrons. The Labute approximate surface area is 205 Å². The van der Waals surface area contributed by atoms with Crippen LogP contribution < -0.4 is 9.64 Å². The topological polar surface area (TPSA) is 79.7 Å². The van der Waals surface area contributed by atoms with Gasteiger partial charge >= 0.3 is 0 Å². The minimum Gasteiger partial charge on any atom is -0.507 e. The Bertz CT molecular complexity index is 1340. The van der Waals surface area contributed by atoms with E-state index in [9.17, 15) is 14.7 Å². The molecule has 1 N–H and O–H groups in total. The summed E-state index contributed by atoms with van der Waals surface area (Å²) in [5, 5.41) is 11.6. The molecule has 0 saturated carbocycles. The highest BCUT2D eigenvalue weighted by Gasteiger charge is 2.47. The molecule has 6 heteroatoms. The van der Waals surface area contributed by atoms with Crippen molar-refractivity contribution in [2.75, 3.05) is 12.0 Å². The first-order chi connectivity index (χ1) is 16.7. The lowest BCUT2D eigenvalue weighted by Crippen LogP contribution is -2.30. The van der Waals surface area contributed by atoms with E-state index in [4.69, 9.17) is 4.74 Å². The van der Waals surface area contributed by atoms with Gasteiger partial charge in [-0.1, -0.05) is 26.0 Å². The molecule has 2 heterocycles. The van der Waals surface area contributed by atoms with E-state index in [0.29, 0.717) is 16.8 Å². The van der Waals surface area contributed by atoms with Crippen LogP contribution in [0.5, 0.6) is 5.75 Å². The van der Waals surface area contributed by atoms with E-state index in [1.807, 2.05) is 65.0 Å². The standard InChI is InChI=1S/C29H30N2O4/c1-16(2)21-15-22(18(4)14-24(21)35-6)27(32)25-26(20-10-12-30-13-11-20)31(29(34)28(25)33)23-9-7-8-17(3)19(23)5/h7-16,26,32H,1-6H3/b27-25+. The highest BCUT2D eigenvalue weighted by atomic mass is 16.5. The Balaban J connectivity index is 2.01. The number of carbonyl (C=O) groups excluding carboxylic acids is 2. The number of ketones is 1. The van der Waals surface area contributed by atoms with Gasteiger partial charge in [0.05, 0.1) is 18.7 Å². The zero-order valence-electron chi connectivity index (χ0n) is 20.9. The van der Waals surface area contributed by atoms with Gasteiger partial charge in [0.15, 0.2) is 0 Å². The van der Waals surface area contributed by atoms with Gasteiger partial charge in [0.25, 0.3) is 11.7 Å². The van der Waals surface area contributed by atoms with Crippen LogP contribution in [0.4, 0.5) is 5.69 Å². The van der Waals surface area contributed by atoms with Gasteiger partial charge in [-0.05, 0) is 84.8 Å². The van der Waals surface area contributed by atoms with Gasteiger partial charge in [-0.15, -0.1) is 0 Å². The molecule has 3 aromatic rings. The van der Waals surface area contributed by atoms with Crippen molar-refractivity contribution in [3.05, 3.63) is 93.8 Å². The summed E-state index contributed by atoms with van der Waals surface area (Å²) < 4.78 is 5.54. The molecular formula is C29H30N2O4. The molecule has 1 atom stereocenters. The number of aliphatic hydroxyl groups is 1. The highest BCUT2D eigenvalue weighted by molar-refractivity contribution is 6.51. The number of aromatic nitrogens is 1. The summed E-state index contributed by atoms with van der Waals surface area (Å²) in [7, 11) is 1.61. The number of rotatable bonds is 5. The molecule has 0 aliphatic carbocycles. The molecule has 1 aromatic heterocycles. The van der Waals surface area contributed by atoms with Gasteiger partial charge in [0.2, 0.25) is 0 Å². The molecule has 180 valence electrons. The van der Waals surface area contributed by atoms with Crippen molar-refractivity contribution in [3.8, 4) is 5.75 Å². The number of methoxy groups -OCH3 is 1. The summed E-state index contributed by atoms with van der Waals surface area (Å²) in [5.74, 6) is -0.732. The van der Waals surface area contributed by atoms with Crippen LogP contribution in [0.3, 0.4) is 0 Å². The number of pyridine rings is 1. The van der Waals surface area contributed by atoms with Gasteiger partial charge in [-0.2, -0.15) is 0 Å². The van der Waals surface area contributed by atoms with Crippen LogP contribution in [0.15, 0.2) is 60.4 Å². The first-order valence-electron chi connectivity index (χ1n) is 11.6. The van der Waals surface area contributed by atoms with E-state index < -0.39 is 17.7 Å². The second kappa shape index (κ2) is 9.37. The Morgan fingerprint density at radius 3 is 2.34 bits per heavy atom.